The van der Waals surface area contributed by atoms with Crippen molar-refractivity contribution in [3.63, 3.8) is 0 Å². The van der Waals surface area contributed by atoms with Gasteiger partial charge in [0.2, 0.25) is 0 Å². The number of likely N-dealkylation sites (N-methyl/N-ethyl adjacent to an activating group) is 1. The molecule has 32 heavy (non-hydrogen) atoms. The normalized spacial score (nSPS) is 14.3. The minimum absolute atomic E-state index is 0.217. The van der Waals surface area contributed by atoms with E-state index in [9.17, 15) is 4.79 Å². The van der Waals surface area contributed by atoms with Crippen LogP contribution in [-0.2, 0) is 6.54 Å². The predicted molar refractivity (Wildman–Crippen MR) is 128 cm³/mol. The lowest BCUT2D eigenvalue weighted by Gasteiger charge is -2.33. The molecule has 1 N–H and O–H groups in total. The number of nitrogens with one attached hydrogen (secondary N) is 1. The van der Waals surface area contributed by atoms with Gasteiger partial charge in [-0.1, -0.05) is 24.9 Å². The maximum atomic E-state index is 12.8. The third-order valence-electron chi connectivity index (χ3n) is 5.41. The number of carbonyl (C=O) groups excluding carboxylic acids is 1. The number of nitrogens with zero attached hydrogens (tertiary/aromatic N) is 3. The molecule has 0 spiro atoms. The number of hydrogen-bond donors (Lipinski definition) is 1. The van der Waals surface area contributed by atoms with E-state index in [2.05, 4.69) is 34.1 Å². The smallest absolute Gasteiger partial charge is 0.251 e. The zero-order chi connectivity index (χ0) is 22.9. The van der Waals surface area contributed by atoms with Gasteiger partial charge in [0.05, 0.1) is 18.2 Å². The fourth-order valence-corrected chi connectivity index (χ4v) is 3.75. The Labute approximate surface area is 195 Å². The molecule has 1 amide bonds. The average molecular weight is 461 g/mol. The molecular formula is C24H33ClN4O3. The fourth-order valence-electron chi connectivity index (χ4n) is 3.48. The largest absolute Gasteiger partial charge is 0.490 e. The van der Waals surface area contributed by atoms with E-state index in [0.717, 1.165) is 50.4 Å². The molecule has 1 aliphatic rings. The van der Waals surface area contributed by atoms with Gasteiger partial charge in [-0.25, -0.2) is 4.98 Å². The maximum Gasteiger partial charge on any atom is 0.251 e. The van der Waals surface area contributed by atoms with E-state index in [1.165, 1.54) is 0 Å². The highest BCUT2D eigenvalue weighted by Crippen LogP contribution is 2.37. The zero-order valence-electron chi connectivity index (χ0n) is 19.2. The van der Waals surface area contributed by atoms with Crippen LogP contribution < -0.4 is 19.7 Å². The van der Waals surface area contributed by atoms with Crippen LogP contribution in [0.4, 0.5) is 5.82 Å². The number of ether oxygens (including phenoxy) is 2. The molecule has 1 fully saturated rings. The molecule has 1 saturated heterocycles. The highest BCUT2D eigenvalue weighted by Gasteiger charge is 2.18. The molecule has 0 saturated carbocycles. The maximum absolute atomic E-state index is 12.8. The monoisotopic (exact) mass is 460 g/mol. The van der Waals surface area contributed by atoms with Crippen molar-refractivity contribution in [2.75, 3.05) is 51.3 Å². The zero-order valence-corrected chi connectivity index (χ0v) is 20.0. The van der Waals surface area contributed by atoms with Gasteiger partial charge in [-0.15, -0.1) is 0 Å². The number of halogens is 1. The highest BCUT2D eigenvalue weighted by atomic mass is 35.5. The van der Waals surface area contributed by atoms with E-state index in [4.69, 9.17) is 21.1 Å². The Bertz CT molecular complexity index is 901. The molecule has 1 aliphatic heterocycles. The molecule has 1 aromatic carbocycles. The summed E-state index contributed by atoms with van der Waals surface area (Å²) in [7, 11) is 2.13. The molecule has 1 aromatic heterocycles. The molecule has 2 aromatic rings. The van der Waals surface area contributed by atoms with Gasteiger partial charge in [-0.05, 0) is 50.2 Å². The van der Waals surface area contributed by atoms with Crippen LogP contribution >= 0.6 is 11.6 Å². The molecule has 0 radical (unpaired) electrons. The summed E-state index contributed by atoms with van der Waals surface area (Å²) < 4.78 is 11.5. The Morgan fingerprint density at radius 1 is 1.16 bits per heavy atom. The van der Waals surface area contributed by atoms with Crippen molar-refractivity contribution < 1.29 is 14.3 Å². The number of anilines is 1. The number of aromatic nitrogens is 1. The van der Waals surface area contributed by atoms with Gasteiger partial charge in [0.1, 0.15) is 5.82 Å². The number of rotatable bonds is 10. The standard InChI is InChI=1S/C24H33ClN4O3/c1-4-6-13-32-23-20(25)15-19(16-21(23)31-5-2)24(30)27-17-18-7-8-26-22(14-18)29-11-9-28(3)10-12-29/h7-8,14-16H,4-6,9-13,17H2,1-3H3,(H,27,30). The van der Waals surface area contributed by atoms with Gasteiger partial charge in [-0.2, -0.15) is 0 Å². The summed E-state index contributed by atoms with van der Waals surface area (Å²) in [5.74, 6) is 1.71. The van der Waals surface area contributed by atoms with Crippen molar-refractivity contribution in [2.24, 2.45) is 0 Å². The fraction of sp³-hybridized carbons (Fsp3) is 0.500. The Hall–Kier alpha value is -2.51. The Morgan fingerprint density at radius 3 is 2.66 bits per heavy atom. The highest BCUT2D eigenvalue weighted by molar-refractivity contribution is 6.32. The summed E-state index contributed by atoms with van der Waals surface area (Å²) in [6.45, 7) is 9.33. The van der Waals surface area contributed by atoms with Crippen molar-refractivity contribution in [1.29, 1.82) is 0 Å². The lowest BCUT2D eigenvalue weighted by atomic mass is 10.1. The van der Waals surface area contributed by atoms with Crippen LogP contribution in [0.2, 0.25) is 5.02 Å². The van der Waals surface area contributed by atoms with Crippen LogP contribution in [0.15, 0.2) is 30.5 Å². The van der Waals surface area contributed by atoms with Crippen molar-refractivity contribution in [1.82, 2.24) is 15.2 Å². The van der Waals surface area contributed by atoms with Crippen LogP contribution in [-0.4, -0.2) is 62.2 Å². The van der Waals surface area contributed by atoms with E-state index in [1.807, 2.05) is 19.1 Å². The van der Waals surface area contributed by atoms with Gasteiger partial charge in [0, 0.05) is 44.5 Å². The molecular weight excluding hydrogens is 428 g/mol. The quantitative estimate of drug-likeness (QED) is 0.541. The van der Waals surface area contributed by atoms with E-state index in [0.29, 0.717) is 41.8 Å². The van der Waals surface area contributed by atoms with Crippen LogP contribution in [0.25, 0.3) is 0 Å². The van der Waals surface area contributed by atoms with Crippen LogP contribution in [0.3, 0.4) is 0 Å². The second kappa shape index (κ2) is 11.9. The van der Waals surface area contributed by atoms with Gasteiger partial charge in [0.25, 0.3) is 5.91 Å². The third-order valence-corrected chi connectivity index (χ3v) is 5.69. The van der Waals surface area contributed by atoms with Crippen LogP contribution in [0.5, 0.6) is 11.5 Å². The Morgan fingerprint density at radius 2 is 1.94 bits per heavy atom. The third kappa shape index (κ3) is 6.50. The summed E-state index contributed by atoms with van der Waals surface area (Å²) in [5, 5.41) is 3.35. The Kier molecular flexibility index (Phi) is 9.00. The molecule has 2 heterocycles. The molecule has 7 nitrogen and oxygen atoms in total. The minimum atomic E-state index is -0.217. The Balaban J connectivity index is 1.66. The summed E-state index contributed by atoms with van der Waals surface area (Å²) >= 11 is 6.43. The number of amides is 1. The van der Waals surface area contributed by atoms with Gasteiger partial charge in [-0.3, -0.25) is 4.79 Å². The second-order valence-corrected chi connectivity index (χ2v) is 8.32. The minimum Gasteiger partial charge on any atom is -0.490 e. The topological polar surface area (TPSA) is 66.9 Å². The molecule has 3 rings (SSSR count). The lowest BCUT2D eigenvalue weighted by Crippen LogP contribution is -2.44. The van der Waals surface area contributed by atoms with Crippen molar-refractivity contribution in [3.05, 3.63) is 46.6 Å². The van der Waals surface area contributed by atoms with Gasteiger partial charge in [0.15, 0.2) is 11.5 Å². The molecule has 0 bridgehead atoms. The first-order valence-corrected chi connectivity index (χ1v) is 11.6. The van der Waals surface area contributed by atoms with E-state index >= 15 is 0 Å². The SMILES string of the molecule is CCCCOc1c(Cl)cc(C(=O)NCc2ccnc(N3CCN(C)CC3)c2)cc1OCC. The van der Waals surface area contributed by atoms with E-state index in [1.54, 1.807) is 18.3 Å². The van der Waals surface area contributed by atoms with Crippen molar-refractivity contribution in [2.45, 2.75) is 33.2 Å². The first kappa shape index (κ1) is 24.1. The summed E-state index contributed by atoms with van der Waals surface area (Å²) in [6, 6.07) is 7.27. The predicted octanol–water partition coefficient (Wildman–Crippen LogP) is 3.99. The number of benzene rings is 1. The number of piperazine rings is 1. The number of carbonyl (C=O) groups is 1. The second-order valence-electron chi connectivity index (χ2n) is 7.92. The summed E-state index contributed by atoms with van der Waals surface area (Å²) in [6.07, 6.45) is 3.74. The molecule has 0 atom stereocenters. The van der Waals surface area contributed by atoms with Gasteiger partial charge < -0.3 is 24.6 Å². The first-order chi connectivity index (χ1) is 15.5. The summed E-state index contributed by atoms with van der Waals surface area (Å²) in [4.78, 5) is 21.9. The van der Waals surface area contributed by atoms with Crippen LogP contribution in [0.1, 0.15) is 42.6 Å². The first-order valence-electron chi connectivity index (χ1n) is 11.3. The average Bonchev–Trinajstić information content (AvgIpc) is 2.80. The number of unbranched alkanes of at least 4 members (excludes halogenated alkanes) is 1. The van der Waals surface area contributed by atoms with Gasteiger partial charge >= 0.3 is 0 Å². The molecule has 0 unspecified atom stereocenters. The molecule has 8 heteroatoms. The van der Waals surface area contributed by atoms with Crippen molar-refractivity contribution in [3.8, 4) is 11.5 Å². The molecule has 174 valence electrons. The van der Waals surface area contributed by atoms with E-state index < -0.39 is 0 Å². The number of pyridine rings is 1. The molecule has 0 aliphatic carbocycles. The van der Waals surface area contributed by atoms with Crippen LogP contribution in [0, 0.1) is 0 Å². The van der Waals surface area contributed by atoms with E-state index in [-0.39, 0.29) is 5.91 Å². The lowest BCUT2D eigenvalue weighted by molar-refractivity contribution is 0.0950. The van der Waals surface area contributed by atoms with Crippen molar-refractivity contribution >= 4 is 23.3 Å². The number of hydrogen-bond acceptors (Lipinski definition) is 6. The summed E-state index contributed by atoms with van der Waals surface area (Å²) in [5.41, 5.74) is 1.44.